The van der Waals surface area contributed by atoms with Gasteiger partial charge >= 0.3 is 0 Å². The highest BCUT2D eigenvalue weighted by Crippen LogP contribution is 2.51. The van der Waals surface area contributed by atoms with E-state index < -0.39 is 0 Å². The van der Waals surface area contributed by atoms with E-state index in [4.69, 9.17) is 4.99 Å². The van der Waals surface area contributed by atoms with Crippen molar-refractivity contribution in [3.05, 3.63) is 52.7 Å². The van der Waals surface area contributed by atoms with Crippen LogP contribution >= 0.6 is 27.7 Å². The smallest absolute Gasteiger partial charge is 0.130 e. The standard InChI is InChI=1S/C13H9BrN2S/c14-8-5-6-16-11(7-8)15-12-9-3-1-2-4-10(9)17-13(12)16/h1-7,12-13H. The van der Waals surface area contributed by atoms with E-state index in [0.717, 1.165) is 10.3 Å². The lowest BCUT2D eigenvalue weighted by atomic mass is 10.1. The highest BCUT2D eigenvalue weighted by atomic mass is 79.9. The van der Waals surface area contributed by atoms with E-state index in [0.29, 0.717) is 5.37 Å². The largest absolute Gasteiger partial charge is 0.318 e. The van der Waals surface area contributed by atoms with Gasteiger partial charge in [-0.05, 0) is 23.8 Å². The maximum atomic E-state index is 4.83. The minimum absolute atomic E-state index is 0.283. The topological polar surface area (TPSA) is 15.6 Å². The van der Waals surface area contributed by atoms with Gasteiger partial charge in [-0.1, -0.05) is 45.9 Å². The number of halogens is 1. The molecule has 1 aromatic rings. The van der Waals surface area contributed by atoms with Crippen LogP contribution in [0, 0.1) is 0 Å². The fraction of sp³-hybridized carbons (Fsp3) is 0.154. The van der Waals surface area contributed by atoms with Crippen molar-refractivity contribution in [1.82, 2.24) is 4.90 Å². The molecule has 84 valence electrons. The van der Waals surface area contributed by atoms with Crippen LogP contribution in [0.4, 0.5) is 0 Å². The van der Waals surface area contributed by atoms with E-state index in [1.54, 1.807) is 0 Å². The monoisotopic (exact) mass is 304 g/mol. The van der Waals surface area contributed by atoms with Gasteiger partial charge in [0.25, 0.3) is 0 Å². The van der Waals surface area contributed by atoms with E-state index in [9.17, 15) is 0 Å². The number of nitrogens with zero attached hydrogens (tertiary/aromatic N) is 2. The highest BCUT2D eigenvalue weighted by Gasteiger charge is 2.42. The molecule has 2 unspecified atom stereocenters. The first kappa shape index (κ1) is 9.97. The highest BCUT2D eigenvalue weighted by molar-refractivity contribution is 9.11. The zero-order chi connectivity index (χ0) is 11.4. The molecular weight excluding hydrogens is 296 g/mol. The summed E-state index contributed by atoms with van der Waals surface area (Å²) >= 11 is 5.41. The summed E-state index contributed by atoms with van der Waals surface area (Å²) in [7, 11) is 0. The van der Waals surface area contributed by atoms with Gasteiger partial charge in [0.15, 0.2) is 0 Å². The third-order valence-electron chi connectivity index (χ3n) is 3.23. The van der Waals surface area contributed by atoms with Gasteiger partial charge in [-0.15, -0.1) is 0 Å². The fourth-order valence-electron chi connectivity index (χ4n) is 2.46. The van der Waals surface area contributed by atoms with Gasteiger partial charge in [-0.3, -0.25) is 4.99 Å². The third-order valence-corrected chi connectivity index (χ3v) is 5.07. The quantitative estimate of drug-likeness (QED) is 0.726. The Labute approximate surface area is 112 Å². The van der Waals surface area contributed by atoms with Crippen LogP contribution in [0.25, 0.3) is 0 Å². The molecule has 0 radical (unpaired) electrons. The van der Waals surface area contributed by atoms with Gasteiger partial charge in [0, 0.05) is 15.6 Å². The van der Waals surface area contributed by atoms with E-state index in [2.05, 4.69) is 63.4 Å². The molecule has 1 aromatic carbocycles. The fourth-order valence-corrected chi connectivity index (χ4v) is 4.15. The van der Waals surface area contributed by atoms with Crippen LogP contribution < -0.4 is 0 Å². The van der Waals surface area contributed by atoms with E-state index in [1.165, 1.54) is 10.5 Å². The lowest BCUT2D eigenvalue weighted by Gasteiger charge is -2.23. The second kappa shape index (κ2) is 3.50. The van der Waals surface area contributed by atoms with Crippen molar-refractivity contribution in [2.24, 2.45) is 4.99 Å². The molecule has 0 saturated heterocycles. The normalized spacial score (nSPS) is 28.4. The Morgan fingerprint density at radius 2 is 2.18 bits per heavy atom. The lowest BCUT2D eigenvalue weighted by Crippen LogP contribution is -2.29. The second-order valence-corrected chi connectivity index (χ2v) is 6.30. The van der Waals surface area contributed by atoms with Crippen LogP contribution in [0.5, 0.6) is 0 Å². The number of rotatable bonds is 0. The first-order chi connectivity index (χ1) is 8.33. The van der Waals surface area contributed by atoms with Crippen LogP contribution in [0.3, 0.4) is 0 Å². The Morgan fingerprint density at radius 3 is 3.12 bits per heavy atom. The molecular formula is C13H9BrN2S. The number of fused-ring (bicyclic) bond motifs is 5. The van der Waals surface area contributed by atoms with Gasteiger partial charge in [0.2, 0.25) is 0 Å². The van der Waals surface area contributed by atoms with Gasteiger partial charge in [-0.25, -0.2) is 0 Å². The van der Waals surface area contributed by atoms with E-state index >= 15 is 0 Å². The minimum atomic E-state index is 0.283. The lowest BCUT2D eigenvalue weighted by molar-refractivity contribution is 0.514. The molecule has 2 nitrogen and oxygen atoms in total. The Hall–Kier alpha value is -1.00. The molecule has 0 fully saturated rings. The summed E-state index contributed by atoms with van der Waals surface area (Å²) in [5.74, 6) is 1.07. The number of benzene rings is 1. The first-order valence-electron chi connectivity index (χ1n) is 5.50. The number of hydrogen-bond acceptors (Lipinski definition) is 3. The van der Waals surface area contributed by atoms with Gasteiger partial charge in [0.05, 0.1) is 0 Å². The number of amidine groups is 1. The molecule has 17 heavy (non-hydrogen) atoms. The molecule has 4 heteroatoms. The molecule has 0 N–H and O–H groups in total. The summed E-state index contributed by atoms with van der Waals surface area (Å²) in [4.78, 5) is 8.46. The zero-order valence-electron chi connectivity index (χ0n) is 8.88. The van der Waals surface area contributed by atoms with Gasteiger partial charge in [-0.2, -0.15) is 0 Å². The number of thioether (sulfide) groups is 1. The minimum Gasteiger partial charge on any atom is -0.318 e. The number of aliphatic imine (C=N–C) groups is 1. The molecule has 0 saturated carbocycles. The maximum Gasteiger partial charge on any atom is 0.130 e. The van der Waals surface area contributed by atoms with E-state index in [1.807, 2.05) is 11.8 Å². The Morgan fingerprint density at radius 1 is 1.29 bits per heavy atom. The van der Waals surface area contributed by atoms with E-state index in [-0.39, 0.29) is 6.04 Å². The Bertz CT molecular complexity index is 591. The molecule has 4 rings (SSSR count). The molecule has 3 heterocycles. The predicted molar refractivity (Wildman–Crippen MR) is 74.3 cm³/mol. The van der Waals surface area contributed by atoms with Crippen molar-refractivity contribution in [1.29, 1.82) is 0 Å². The molecule has 2 atom stereocenters. The number of hydrogen-bond donors (Lipinski definition) is 0. The van der Waals surface area contributed by atoms with Crippen molar-refractivity contribution >= 4 is 33.5 Å². The summed E-state index contributed by atoms with van der Waals surface area (Å²) < 4.78 is 1.09. The van der Waals surface area contributed by atoms with Crippen LogP contribution in [-0.4, -0.2) is 16.1 Å². The van der Waals surface area contributed by atoms with Crippen molar-refractivity contribution in [3.8, 4) is 0 Å². The van der Waals surface area contributed by atoms with Crippen molar-refractivity contribution in [2.75, 3.05) is 0 Å². The summed E-state index contributed by atoms with van der Waals surface area (Å²) in [6.45, 7) is 0. The summed E-state index contributed by atoms with van der Waals surface area (Å²) in [5, 5.41) is 0.399. The third kappa shape index (κ3) is 1.37. The molecule has 0 aromatic heterocycles. The van der Waals surface area contributed by atoms with Crippen LogP contribution in [0.1, 0.15) is 11.6 Å². The molecule has 0 bridgehead atoms. The maximum absolute atomic E-state index is 4.83. The average Bonchev–Trinajstić information content (AvgIpc) is 2.84. The van der Waals surface area contributed by atoms with Crippen LogP contribution in [0.2, 0.25) is 0 Å². The van der Waals surface area contributed by atoms with Gasteiger partial charge in [0.1, 0.15) is 17.3 Å². The SMILES string of the molecule is BrC1=CC2=NC3c4ccccc4SC3N2C=C1. The molecule has 0 aliphatic carbocycles. The average molecular weight is 305 g/mol. The molecule has 0 spiro atoms. The summed E-state index contributed by atoms with van der Waals surface area (Å²) in [6.07, 6.45) is 6.28. The predicted octanol–water partition coefficient (Wildman–Crippen LogP) is 3.68. The van der Waals surface area contributed by atoms with Crippen LogP contribution in [-0.2, 0) is 0 Å². The Kier molecular flexibility index (Phi) is 2.05. The van der Waals surface area contributed by atoms with Crippen molar-refractivity contribution in [2.45, 2.75) is 16.3 Å². The summed E-state index contributed by atoms with van der Waals surface area (Å²) in [5.41, 5.74) is 1.36. The molecule has 3 aliphatic rings. The zero-order valence-corrected chi connectivity index (χ0v) is 11.3. The van der Waals surface area contributed by atoms with Crippen molar-refractivity contribution in [3.63, 3.8) is 0 Å². The van der Waals surface area contributed by atoms with Crippen LogP contribution in [0.15, 0.2) is 57.0 Å². The summed E-state index contributed by atoms with van der Waals surface area (Å²) in [6, 6.07) is 8.86. The number of allylic oxidation sites excluding steroid dienone is 2. The van der Waals surface area contributed by atoms with Crippen molar-refractivity contribution < 1.29 is 0 Å². The Balaban J connectivity index is 1.82. The van der Waals surface area contributed by atoms with Gasteiger partial charge < -0.3 is 4.90 Å². The molecule has 0 amide bonds. The second-order valence-electron chi connectivity index (χ2n) is 4.23. The first-order valence-corrected chi connectivity index (χ1v) is 7.17. The molecule has 3 aliphatic heterocycles.